The average molecular weight is 240 g/mol. The summed E-state index contributed by atoms with van der Waals surface area (Å²) in [5.74, 6) is 0.825. The van der Waals surface area contributed by atoms with Crippen LogP contribution >= 0.6 is 0 Å². The van der Waals surface area contributed by atoms with Gasteiger partial charge in [0, 0.05) is 0 Å². The zero-order valence-electron chi connectivity index (χ0n) is 11.3. The summed E-state index contributed by atoms with van der Waals surface area (Å²) in [5.41, 5.74) is 5.30. The molecule has 0 saturated carbocycles. The highest BCUT2D eigenvalue weighted by Gasteiger charge is 2.07. The van der Waals surface area contributed by atoms with Gasteiger partial charge in [0.25, 0.3) is 0 Å². The van der Waals surface area contributed by atoms with E-state index in [-0.39, 0.29) is 0 Å². The van der Waals surface area contributed by atoms with Crippen LogP contribution in [0.25, 0.3) is 0 Å². The first-order valence-corrected chi connectivity index (χ1v) is 6.40. The van der Waals surface area contributed by atoms with E-state index in [1.165, 1.54) is 22.3 Å². The smallest absolute Gasteiger partial charge is 0.115 e. The van der Waals surface area contributed by atoms with E-state index >= 15 is 0 Å². The molecule has 2 aromatic rings. The van der Waals surface area contributed by atoms with Gasteiger partial charge in [-0.25, -0.2) is 0 Å². The molecule has 0 aliphatic rings. The van der Waals surface area contributed by atoms with Crippen LogP contribution in [0.15, 0.2) is 42.5 Å². The quantitative estimate of drug-likeness (QED) is 0.845. The minimum Gasteiger partial charge on any atom is -0.508 e. The van der Waals surface area contributed by atoms with Crippen LogP contribution in [0.3, 0.4) is 0 Å². The number of benzene rings is 2. The van der Waals surface area contributed by atoms with Crippen LogP contribution in [0, 0.1) is 13.8 Å². The van der Waals surface area contributed by atoms with Gasteiger partial charge in [-0.3, -0.25) is 0 Å². The van der Waals surface area contributed by atoms with E-state index < -0.39 is 0 Å². The Morgan fingerprint density at radius 1 is 0.944 bits per heavy atom. The molecular weight excluding hydrogens is 220 g/mol. The highest BCUT2D eigenvalue weighted by Crippen LogP contribution is 2.23. The number of aromatic hydroxyl groups is 1. The molecule has 0 aliphatic heterocycles. The summed E-state index contributed by atoms with van der Waals surface area (Å²) < 4.78 is 0. The SMILES string of the molecule is Cc1cc(C)cc(C(C)Cc2ccc(O)cc2)c1. The molecule has 0 heterocycles. The molecule has 0 aliphatic carbocycles. The lowest BCUT2D eigenvalue weighted by molar-refractivity contribution is 0.475. The Hall–Kier alpha value is -1.76. The van der Waals surface area contributed by atoms with Crippen LogP contribution in [-0.2, 0) is 6.42 Å². The molecule has 0 saturated heterocycles. The maximum absolute atomic E-state index is 9.28. The third kappa shape index (κ3) is 3.13. The molecular formula is C17H20O. The first kappa shape index (κ1) is 12.7. The van der Waals surface area contributed by atoms with Crippen molar-refractivity contribution in [2.75, 3.05) is 0 Å². The molecule has 1 N–H and O–H groups in total. The maximum atomic E-state index is 9.28. The first-order valence-electron chi connectivity index (χ1n) is 6.40. The van der Waals surface area contributed by atoms with Crippen molar-refractivity contribution in [2.24, 2.45) is 0 Å². The highest BCUT2D eigenvalue weighted by atomic mass is 16.3. The van der Waals surface area contributed by atoms with E-state index in [9.17, 15) is 5.11 Å². The monoisotopic (exact) mass is 240 g/mol. The van der Waals surface area contributed by atoms with Crippen LogP contribution < -0.4 is 0 Å². The van der Waals surface area contributed by atoms with Gasteiger partial charge in [-0.2, -0.15) is 0 Å². The predicted molar refractivity (Wildman–Crippen MR) is 76.1 cm³/mol. The molecule has 0 spiro atoms. The summed E-state index contributed by atoms with van der Waals surface area (Å²) in [6, 6.07) is 14.2. The molecule has 1 heteroatoms. The van der Waals surface area contributed by atoms with Crippen molar-refractivity contribution in [3.8, 4) is 5.75 Å². The molecule has 0 bridgehead atoms. The summed E-state index contributed by atoms with van der Waals surface area (Å²) in [4.78, 5) is 0. The van der Waals surface area contributed by atoms with E-state index in [4.69, 9.17) is 0 Å². The normalized spacial score (nSPS) is 12.4. The summed E-state index contributed by atoms with van der Waals surface area (Å²) in [5, 5.41) is 9.28. The van der Waals surface area contributed by atoms with Gasteiger partial charge < -0.3 is 5.11 Å². The fourth-order valence-electron chi connectivity index (χ4n) is 2.40. The van der Waals surface area contributed by atoms with Crippen molar-refractivity contribution < 1.29 is 5.11 Å². The lowest BCUT2D eigenvalue weighted by Crippen LogP contribution is -1.99. The van der Waals surface area contributed by atoms with Crippen LogP contribution in [0.2, 0.25) is 0 Å². The number of rotatable bonds is 3. The van der Waals surface area contributed by atoms with Gasteiger partial charge in [0.1, 0.15) is 5.75 Å². The summed E-state index contributed by atoms with van der Waals surface area (Å²) in [6.07, 6.45) is 1.00. The maximum Gasteiger partial charge on any atom is 0.115 e. The Labute approximate surface area is 109 Å². The van der Waals surface area contributed by atoms with Crippen LogP contribution in [0.4, 0.5) is 0 Å². The third-order valence-corrected chi connectivity index (χ3v) is 3.29. The topological polar surface area (TPSA) is 20.2 Å². The van der Waals surface area contributed by atoms with Crippen molar-refractivity contribution in [1.29, 1.82) is 0 Å². The molecule has 18 heavy (non-hydrogen) atoms. The molecule has 2 rings (SSSR count). The number of phenolic OH excluding ortho intramolecular Hbond substituents is 1. The zero-order valence-corrected chi connectivity index (χ0v) is 11.3. The minimum absolute atomic E-state index is 0.331. The Balaban J connectivity index is 2.16. The molecule has 1 atom stereocenters. The van der Waals surface area contributed by atoms with Gasteiger partial charge in [-0.1, -0.05) is 48.4 Å². The molecule has 2 aromatic carbocycles. The first-order chi connectivity index (χ1) is 8.54. The van der Waals surface area contributed by atoms with Gasteiger partial charge in [0.2, 0.25) is 0 Å². The standard InChI is InChI=1S/C17H20O/c1-12-8-13(2)10-16(9-12)14(3)11-15-4-6-17(18)7-5-15/h4-10,14,18H,11H2,1-3H3. The summed E-state index contributed by atoms with van der Waals surface area (Å²) >= 11 is 0. The molecule has 0 aromatic heterocycles. The molecule has 0 amide bonds. The molecule has 0 radical (unpaired) electrons. The van der Waals surface area contributed by atoms with Crippen LogP contribution in [0.1, 0.15) is 35.1 Å². The second-order valence-corrected chi connectivity index (χ2v) is 5.19. The predicted octanol–water partition coefficient (Wildman–Crippen LogP) is 4.36. The van der Waals surface area contributed by atoms with Crippen molar-refractivity contribution >= 4 is 0 Å². The van der Waals surface area contributed by atoms with Gasteiger partial charge in [-0.15, -0.1) is 0 Å². The van der Waals surface area contributed by atoms with E-state index in [2.05, 4.69) is 39.0 Å². The van der Waals surface area contributed by atoms with Crippen molar-refractivity contribution in [2.45, 2.75) is 33.1 Å². The number of hydrogen-bond donors (Lipinski definition) is 1. The van der Waals surface area contributed by atoms with Gasteiger partial charge >= 0.3 is 0 Å². The highest BCUT2D eigenvalue weighted by molar-refractivity contribution is 5.33. The molecule has 1 nitrogen and oxygen atoms in total. The molecule has 94 valence electrons. The number of hydrogen-bond acceptors (Lipinski definition) is 1. The number of phenols is 1. The Kier molecular flexibility index (Phi) is 3.71. The summed E-state index contributed by atoms with van der Waals surface area (Å²) in [7, 11) is 0. The second kappa shape index (κ2) is 5.26. The van der Waals surface area contributed by atoms with E-state index in [1.54, 1.807) is 12.1 Å². The Morgan fingerprint density at radius 2 is 1.50 bits per heavy atom. The molecule has 0 fully saturated rings. The van der Waals surface area contributed by atoms with E-state index in [0.29, 0.717) is 11.7 Å². The fourth-order valence-corrected chi connectivity index (χ4v) is 2.40. The van der Waals surface area contributed by atoms with Crippen LogP contribution in [-0.4, -0.2) is 5.11 Å². The van der Waals surface area contributed by atoms with Crippen LogP contribution in [0.5, 0.6) is 5.75 Å². The summed E-state index contributed by atoms with van der Waals surface area (Å²) in [6.45, 7) is 6.54. The third-order valence-electron chi connectivity index (χ3n) is 3.29. The van der Waals surface area contributed by atoms with Gasteiger partial charge in [0.05, 0.1) is 0 Å². The fraction of sp³-hybridized carbons (Fsp3) is 0.294. The average Bonchev–Trinajstić information content (AvgIpc) is 2.31. The zero-order chi connectivity index (χ0) is 13.1. The number of aryl methyl sites for hydroxylation is 2. The van der Waals surface area contributed by atoms with Gasteiger partial charge in [0.15, 0.2) is 0 Å². The van der Waals surface area contributed by atoms with E-state index in [1.807, 2.05) is 12.1 Å². The lowest BCUT2D eigenvalue weighted by Gasteiger charge is -2.14. The van der Waals surface area contributed by atoms with Gasteiger partial charge in [-0.05, 0) is 49.4 Å². The van der Waals surface area contributed by atoms with Crippen molar-refractivity contribution in [1.82, 2.24) is 0 Å². The lowest BCUT2D eigenvalue weighted by atomic mass is 9.91. The minimum atomic E-state index is 0.331. The second-order valence-electron chi connectivity index (χ2n) is 5.19. The van der Waals surface area contributed by atoms with E-state index in [0.717, 1.165) is 6.42 Å². The molecule has 1 unspecified atom stereocenters. The van der Waals surface area contributed by atoms with Crippen molar-refractivity contribution in [3.05, 3.63) is 64.7 Å². The Bertz CT molecular complexity index is 506. The van der Waals surface area contributed by atoms with Crippen molar-refractivity contribution in [3.63, 3.8) is 0 Å². The Morgan fingerprint density at radius 3 is 2.06 bits per heavy atom. The largest absolute Gasteiger partial charge is 0.508 e.